The van der Waals surface area contributed by atoms with Gasteiger partial charge in [-0.3, -0.25) is 9.69 Å². The van der Waals surface area contributed by atoms with Crippen LogP contribution in [0.5, 0.6) is 0 Å². The van der Waals surface area contributed by atoms with Crippen molar-refractivity contribution in [1.29, 1.82) is 0 Å². The van der Waals surface area contributed by atoms with Gasteiger partial charge >= 0.3 is 0 Å². The smallest absolute Gasteiger partial charge is 0.243 e. The van der Waals surface area contributed by atoms with Gasteiger partial charge in [0.05, 0.1) is 11.4 Å². The lowest BCUT2D eigenvalue weighted by Crippen LogP contribution is -2.52. The Hall–Kier alpha value is -1.44. The molecule has 1 amide bonds. The molecule has 2 fully saturated rings. The molecular formula is C21H33N3O3S. The zero-order chi connectivity index (χ0) is 20.3. The van der Waals surface area contributed by atoms with E-state index in [4.69, 9.17) is 0 Å². The molecule has 0 spiro atoms. The molecular weight excluding hydrogens is 374 g/mol. The van der Waals surface area contributed by atoms with Crippen molar-refractivity contribution < 1.29 is 13.2 Å². The van der Waals surface area contributed by atoms with E-state index in [1.54, 1.807) is 18.2 Å². The maximum absolute atomic E-state index is 12.8. The molecule has 1 saturated heterocycles. The molecule has 0 unspecified atom stereocenters. The average Bonchev–Trinajstić information content (AvgIpc) is 2.66. The van der Waals surface area contributed by atoms with Crippen molar-refractivity contribution in [2.75, 3.05) is 32.7 Å². The fraction of sp³-hybridized carbons (Fsp3) is 0.667. The van der Waals surface area contributed by atoms with Crippen LogP contribution >= 0.6 is 0 Å². The Morgan fingerprint density at radius 2 is 1.86 bits per heavy atom. The van der Waals surface area contributed by atoms with E-state index in [2.05, 4.69) is 24.1 Å². The molecule has 1 N–H and O–H groups in total. The van der Waals surface area contributed by atoms with Crippen molar-refractivity contribution >= 4 is 15.9 Å². The molecule has 0 radical (unpaired) electrons. The summed E-state index contributed by atoms with van der Waals surface area (Å²) in [5, 5.41) is 3.21. The summed E-state index contributed by atoms with van der Waals surface area (Å²) in [5.74, 6) is 1.21. The van der Waals surface area contributed by atoms with Gasteiger partial charge in [0.2, 0.25) is 15.9 Å². The number of hydrogen-bond acceptors (Lipinski definition) is 4. The lowest BCUT2D eigenvalue weighted by Gasteiger charge is -2.36. The van der Waals surface area contributed by atoms with Gasteiger partial charge in [-0.05, 0) is 42.9 Å². The number of carbonyl (C=O) groups is 1. The first-order valence-corrected chi connectivity index (χ1v) is 11.8. The number of hydrogen-bond donors (Lipinski definition) is 1. The Balaban J connectivity index is 1.50. The molecule has 7 heteroatoms. The predicted molar refractivity (Wildman–Crippen MR) is 110 cm³/mol. The molecule has 6 nitrogen and oxygen atoms in total. The highest BCUT2D eigenvalue weighted by molar-refractivity contribution is 7.89. The first-order valence-electron chi connectivity index (χ1n) is 10.4. The van der Waals surface area contributed by atoms with Gasteiger partial charge in [-0.2, -0.15) is 4.31 Å². The monoisotopic (exact) mass is 407 g/mol. The highest BCUT2D eigenvalue weighted by atomic mass is 32.2. The third-order valence-corrected chi connectivity index (χ3v) is 8.27. The van der Waals surface area contributed by atoms with Gasteiger partial charge in [-0.15, -0.1) is 0 Å². The minimum atomic E-state index is -3.47. The lowest BCUT2D eigenvalue weighted by atomic mass is 9.78. The van der Waals surface area contributed by atoms with E-state index in [-0.39, 0.29) is 11.9 Å². The maximum atomic E-state index is 12.8. The lowest BCUT2D eigenvalue weighted by molar-refractivity contribution is -0.124. The summed E-state index contributed by atoms with van der Waals surface area (Å²) in [6.45, 7) is 8.71. The Morgan fingerprint density at radius 1 is 1.14 bits per heavy atom. The number of nitrogens with zero attached hydrogens (tertiary/aromatic N) is 2. The van der Waals surface area contributed by atoms with Gasteiger partial charge < -0.3 is 5.32 Å². The van der Waals surface area contributed by atoms with Gasteiger partial charge in [-0.25, -0.2) is 8.42 Å². The molecule has 3 atom stereocenters. The fourth-order valence-corrected chi connectivity index (χ4v) is 5.82. The summed E-state index contributed by atoms with van der Waals surface area (Å²) < 4.78 is 27.2. The van der Waals surface area contributed by atoms with E-state index >= 15 is 0 Å². The molecule has 2 aliphatic rings. The van der Waals surface area contributed by atoms with Crippen molar-refractivity contribution in [2.45, 2.75) is 51.0 Å². The van der Waals surface area contributed by atoms with Crippen LogP contribution in [-0.4, -0.2) is 62.3 Å². The summed E-state index contributed by atoms with van der Waals surface area (Å²) >= 11 is 0. The van der Waals surface area contributed by atoms with Crippen LogP contribution in [-0.2, 0) is 14.8 Å². The molecule has 1 aromatic carbocycles. The number of piperazine rings is 1. The van der Waals surface area contributed by atoms with Crippen LogP contribution in [0.1, 0.15) is 38.7 Å². The van der Waals surface area contributed by atoms with Crippen LogP contribution in [0.25, 0.3) is 0 Å². The molecule has 3 rings (SSSR count). The van der Waals surface area contributed by atoms with Gasteiger partial charge in [0.15, 0.2) is 0 Å². The second kappa shape index (κ2) is 8.93. The quantitative estimate of drug-likeness (QED) is 0.813. The Labute approximate surface area is 169 Å². The Bertz CT molecular complexity index is 788. The van der Waals surface area contributed by atoms with Gasteiger partial charge in [-0.1, -0.05) is 38.8 Å². The maximum Gasteiger partial charge on any atom is 0.243 e. The highest BCUT2D eigenvalue weighted by Crippen LogP contribution is 2.29. The molecule has 0 bridgehead atoms. The number of nitrogens with one attached hydrogen (secondary N) is 1. The Morgan fingerprint density at radius 3 is 2.54 bits per heavy atom. The van der Waals surface area contributed by atoms with E-state index in [9.17, 15) is 13.2 Å². The molecule has 1 aromatic rings. The van der Waals surface area contributed by atoms with E-state index in [1.807, 2.05) is 13.0 Å². The average molecular weight is 408 g/mol. The van der Waals surface area contributed by atoms with E-state index in [0.717, 1.165) is 12.0 Å². The number of benzene rings is 1. The number of carbonyl (C=O) groups excluding carboxylic acids is 1. The van der Waals surface area contributed by atoms with Crippen LogP contribution < -0.4 is 5.32 Å². The molecule has 28 heavy (non-hydrogen) atoms. The zero-order valence-corrected chi connectivity index (χ0v) is 18.0. The summed E-state index contributed by atoms with van der Waals surface area (Å²) in [4.78, 5) is 14.9. The normalized spacial score (nSPS) is 27.5. The third kappa shape index (κ3) is 4.93. The van der Waals surface area contributed by atoms with Crippen LogP contribution in [0.2, 0.25) is 0 Å². The molecule has 1 aliphatic carbocycles. The van der Waals surface area contributed by atoms with Crippen LogP contribution in [0.3, 0.4) is 0 Å². The van der Waals surface area contributed by atoms with Crippen LogP contribution in [0.4, 0.5) is 0 Å². The summed E-state index contributed by atoms with van der Waals surface area (Å²) in [6.07, 6.45) is 3.47. The zero-order valence-electron chi connectivity index (χ0n) is 17.2. The van der Waals surface area contributed by atoms with Gasteiger partial charge in [0, 0.05) is 32.2 Å². The predicted octanol–water partition coefficient (Wildman–Crippen LogP) is 2.24. The number of aryl methyl sites for hydroxylation is 1. The van der Waals surface area contributed by atoms with Crippen molar-refractivity contribution in [3.8, 4) is 0 Å². The Kier molecular flexibility index (Phi) is 6.78. The number of amides is 1. The first-order chi connectivity index (χ1) is 13.3. The van der Waals surface area contributed by atoms with Gasteiger partial charge in [0.1, 0.15) is 0 Å². The van der Waals surface area contributed by atoms with Crippen molar-refractivity contribution in [3.63, 3.8) is 0 Å². The van der Waals surface area contributed by atoms with E-state index < -0.39 is 10.0 Å². The summed E-state index contributed by atoms with van der Waals surface area (Å²) in [7, 11) is -3.47. The van der Waals surface area contributed by atoms with Crippen molar-refractivity contribution in [1.82, 2.24) is 14.5 Å². The minimum absolute atomic E-state index is 0.0564. The second-order valence-corrected chi connectivity index (χ2v) is 10.4. The standard InChI is InChI=1S/C21H33N3O3S/c1-16-6-4-8-19(14-16)28(26,27)24-12-10-23(11-13-24)15-21(25)22-20-9-5-7-17(2)18(20)3/h4,6,8,14,17-18,20H,5,7,9-13,15H2,1-3H3,(H,22,25)/t17-,18-,20+/m0/s1. The molecule has 1 saturated carbocycles. The molecule has 156 valence electrons. The largest absolute Gasteiger partial charge is 0.352 e. The number of rotatable bonds is 5. The van der Waals surface area contributed by atoms with Crippen molar-refractivity contribution in [2.24, 2.45) is 11.8 Å². The fourth-order valence-electron chi connectivity index (χ4n) is 4.29. The van der Waals surface area contributed by atoms with E-state index in [1.165, 1.54) is 17.1 Å². The van der Waals surface area contributed by atoms with Gasteiger partial charge in [0.25, 0.3) is 0 Å². The van der Waals surface area contributed by atoms with Crippen LogP contribution in [0, 0.1) is 18.8 Å². The van der Waals surface area contributed by atoms with E-state index in [0.29, 0.717) is 49.5 Å². The minimum Gasteiger partial charge on any atom is -0.352 e. The molecule has 1 aliphatic heterocycles. The SMILES string of the molecule is Cc1cccc(S(=O)(=O)N2CCN(CC(=O)N[C@@H]3CCC[C@H](C)[C@@H]3C)CC2)c1. The summed E-state index contributed by atoms with van der Waals surface area (Å²) in [6, 6.07) is 7.29. The topological polar surface area (TPSA) is 69.7 Å². The van der Waals surface area contributed by atoms with Crippen LogP contribution in [0.15, 0.2) is 29.2 Å². The molecule has 1 heterocycles. The van der Waals surface area contributed by atoms with Crippen molar-refractivity contribution in [3.05, 3.63) is 29.8 Å². The highest BCUT2D eigenvalue weighted by Gasteiger charge is 2.31. The first kappa shape index (κ1) is 21.3. The summed E-state index contributed by atoms with van der Waals surface area (Å²) in [5.41, 5.74) is 0.933. The molecule has 0 aromatic heterocycles. The third-order valence-electron chi connectivity index (χ3n) is 6.38. The second-order valence-electron chi connectivity index (χ2n) is 8.44. The number of sulfonamides is 1.